The zero-order chi connectivity index (χ0) is 24.4. The average molecular weight is 498 g/mol. The van der Waals surface area contributed by atoms with Gasteiger partial charge in [0.05, 0.1) is 23.3 Å². The Bertz CT molecular complexity index is 1400. The number of aryl methyl sites for hydroxylation is 2. The number of thiazole rings is 1. The molecule has 0 bridgehead atoms. The van der Waals surface area contributed by atoms with Crippen LogP contribution in [-0.2, 0) is 22.6 Å². The minimum atomic E-state index is -0.581. The normalized spacial score (nSPS) is 11.0. The Balaban J connectivity index is 1.40. The molecule has 0 spiro atoms. The van der Waals surface area contributed by atoms with Gasteiger partial charge in [-0.05, 0) is 38.0 Å². The van der Waals surface area contributed by atoms with Crippen LogP contribution in [0.2, 0.25) is 0 Å². The molecule has 0 fully saturated rings. The Morgan fingerprint density at radius 3 is 2.71 bits per heavy atom. The second kappa shape index (κ2) is 9.69. The number of nitrogens with one attached hydrogen (secondary N) is 2. The van der Waals surface area contributed by atoms with Gasteiger partial charge in [0, 0.05) is 35.0 Å². The minimum Gasteiger partial charge on any atom is -0.365 e. The summed E-state index contributed by atoms with van der Waals surface area (Å²) >= 11 is 2.91. The van der Waals surface area contributed by atoms with Crippen LogP contribution in [0.25, 0.3) is 16.2 Å². The number of nitrogens with two attached hydrogens (primary N) is 1. The van der Waals surface area contributed by atoms with E-state index in [4.69, 9.17) is 5.73 Å². The van der Waals surface area contributed by atoms with Crippen LogP contribution in [0, 0.1) is 13.8 Å². The zero-order valence-corrected chi connectivity index (χ0v) is 20.5. The predicted octanol–water partition coefficient (Wildman–Crippen LogP) is 2.84. The molecule has 0 unspecified atom stereocenters. The number of hydrogen-bond acceptors (Lipinski definition) is 8. The van der Waals surface area contributed by atoms with Crippen LogP contribution in [0.5, 0.6) is 0 Å². The van der Waals surface area contributed by atoms with E-state index in [0.717, 1.165) is 32.4 Å². The number of rotatable bonds is 8. The Labute approximate surface area is 203 Å². The number of anilines is 1. The molecule has 34 heavy (non-hydrogen) atoms. The van der Waals surface area contributed by atoms with Gasteiger partial charge in [-0.2, -0.15) is 5.10 Å². The van der Waals surface area contributed by atoms with Crippen LogP contribution in [-0.4, -0.2) is 37.3 Å². The molecule has 4 heterocycles. The molecule has 0 radical (unpaired) electrons. The summed E-state index contributed by atoms with van der Waals surface area (Å²) in [5, 5.41) is 12.3. The second-order valence-electron chi connectivity index (χ2n) is 7.68. The summed E-state index contributed by atoms with van der Waals surface area (Å²) in [6, 6.07) is 3.91. The zero-order valence-electron chi connectivity index (χ0n) is 18.8. The van der Waals surface area contributed by atoms with Crippen molar-refractivity contribution in [3.05, 3.63) is 51.1 Å². The van der Waals surface area contributed by atoms with Crippen molar-refractivity contribution in [2.45, 2.75) is 40.2 Å². The maximum atomic E-state index is 12.6. The lowest BCUT2D eigenvalue weighted by molar-refractivity contribution is -0.119. The van der Waals surface area contributed by atoms with Gasteiger partial charge < -0.3 is 16.4 Å². The Hall–Kier alpha value is -3.64. The van der Waals surface area contributed by atoms with E-state index >= 15 is 0 Å². The molecule has 3 amide bonds. The third kappa shape index (κ3) is 4.97. The van der Waals surface area contributed by atoms with Crippen LogP contribution in [0.15, 0.2) is 23.7 Å². The van der Waals surface area contributed by atoms with E-state index in [1.54, 1.807) is 15.9 Å². The fraction of sp³-hybridized carbons (Fsp3) is 0.273. The molecule has 0 atom stereocenters. The first-order valence-corrected chi connectivity index (χ1v) is 12.1. The minimum absolute atomic E-state index is 0.0743. The van der Waals surface area contributed by atoms with Gasteiger partial charge in [-0.15, -0.1) is 22.7 Å². The highest BCUT2D eigenvalue weighted by Gasteiger charge is 2.17. The molecule has 0 aliphatic carbocycles. The van der Waals surface area contributed by atoms with Crippen molar-refractivity contribution in [1.82, 2.24) is 24.9 Å². The van der Waals surface area contributed by atoms with Crippen molar-refractivity contribution in [2.24, 2.45) is 5.73 Å². The SMILES string of the molecule is CC(=O)NCc1ccc(-c2csc(NC(=O)CCc3c(C)nc4c(C(N)=O)cnn4c3C)n2)s1. The fourth-order valence-electron chi connectivity index (χ4n) is 3.53. The van der Waals surface area contributed by atoms with Crippen LogP contribution in [0.1, 0.15) is 45.5 Å². The third-order valence-electron chi connectivity index (χ3n) is 5.25. The summed E-state index contributed by atoms with van der Waals surface area (Å²) in [5.74, 6) is -0.812. The molecule has 0 aliphatic heterocycles. The highest BCUT2D eigenvalue weighted by Crippen LogP contribution is 2.31. The maximum Gasteiger partial charge on any atom is 0.254 e. The van der Waals surface area contributed by atoms with Crippen LogP contribution in [0.3, 0.4) is 0 Å². The van der Waals surface area contributed by atoms with Crippen LogP contribution in [0.4, 0.5) is 5.13 Å². The first kappa shape index (κ1) is 23.5. The molecule has 4 N–H and O–H groups in total. The van der Waals surface area contributed by atoms with E-state index in [1.807, 2.05) is 31.4 Å². The number of fused-ring (bicyclic) bond motifs is 1. The Morgan fingerprint density at radius 2 is 1.97 bits per heavy atom. The molecule has 4 aromatic heterocycles. The number of thiophene rings is 1. The predicted molar refractivity (Wildman–Crippen MR) is 131 cm³/mol. The summed E-state index contributed by atoms with van der Waals surface area (Å²) in [5.41, 5.74) is 9.29. The van der Waals surface area contributed by atoms with E-state index in [-0.39, 0.29) is 23.8 Å². The topological polar surface area (TPSA) is 144 Å². The number of hydrogen-bond donors (Lipinski definition) is 3. The molecule has 0 saturated carbocycles. The molecule has 10 nitrogen and oxygen atoms in total. The van der Waals surface area contributed by atoms with E-state index in [2.05, 4.69) is 25.7 Å². The first-order valence-electron chi connectivity index (χ1n) is 10.5. The van der Waals surface area contributed by atoms with Crippen molar-refractivity contribution >= 4 is 51.2 Å². The van der Waals surface area contributed by atoms with Gasteiger partial charge >= 0.3 is 0 Å². The van der Waals surface area contributed by atoms with Crippen molar-refractivity contribution in [1.29, 1.82) is 0 Å². The third-order valence-corrected chi connectivity index (χ3v) is 7.12. The number of carbonyl (C=O) groups excluding carboxylic acids is 3. The average Bonchev–Trinajstić information content (AvgIpc) is 3.51. The monoisotopic (exact) mass is 497 g/mol. The quantitative estimate of drug-likeness (QED) is 0.341. The summed E-state index contributed by atoms with van der Waals surface area (Å²) in [7, 11) is 0. The molecule has 0 saturated heterocycles. The molecule has 12 heteroatoms. The Kier molecular flexibility index (Phi) is 6.70. The van der Waals surface area contributed by atoms with Gasteiger partial charge in [0.2, 0.25) is 11.8 Å². The second-order valence-corrected chi connectivity index (χ2v) is 9.71. The molecular formula is C22H23N7O3S2. The van der Waals surface area contributed by atoms with E-state index < -0.39 is 5.91 Å². The lowest BCUT2D eigenvalue weighted by atomic mass is 10.1. The maximum absolute atomic E-state index is 12.6. The lowest BCUT2D eigenvalue weighted by Gasteiger charge is -2.11. The smallest absolute Gasteiger partial charge is 0.254 e. The molecule has 0 aromatic carbocycles. The number of amides is 3. The van der Waals surface area contributed by atoms with E-state index in [0.29, 0.717) is 23.7 Å². The van der Waals surface area contributed by atoms with Gasteiger partial charge in [0.15, 0.2) is 10.8 Å². The van der Waals surface area contributed by atoms with Gasteiger partial charge in [-0.1, -0.05) is 0 Å². The highest BCUT2D eigenvalue weighted by molar-refractivity contribution is 7.17. The van der Waals surface area contributed by atoms with Crippen LogP contribution >= 0.6 is 22.7 Å². The van der Waals surface area contributed by atoms with Crippen molar-refractivity contribution in [2.75, 3.05) is 5.32 Å². The molecule has 4 rings (SSSR count). The number of carbonyl (C=O) groups is 3. The van der Waals surface area contributed by atoms with Crippen molar-refractivity contribution in [3.63, 3.8) is 0 Å². The summed E-state index contributed by atoms with van der Waals surface area (Å²) in [6.07, 6.45) is 2.12. The van der Waals surface area contributed by atoms with Crippen LogP contribution < -0.4 is 16.4 Å². The van der Waals surface area contributed by atoms with Gasteiger partial charge in [0.25, 0.3) is 5.91 Å². The number of aromatic nitrogens is 4. The highest BCUT2D eigenvalue weighted by atomic mass is 32.1. The molecular weight excluding hydrogens is 474 g/mol. The largest absolute Gasteiger partial charge is 0.365 e. The number of primary amides is 1. The fourth-order valence-corrected chi connectivity index (χ4v) is 5.24. The first-order chi connectivity index (χ1) is 16.2. The Morgan fingerprint density at radius 1 is 1.18 bits per heavy atom. The van der Waals surface area contributed by atoms with Gasteiger partial charge in [-0.3, -0.25) is 14.4 Å². The van der Waals surface area contributed by atoms with Crippen molar-refractivity contribution in [3.8, 4) is 10.6 Å². The van der Waals surface area contributed by atoms with Crippen molar-refractivity contribution < 1.29 is 14.4 Å². The van der Waals surface area contributed by atoms with E-state index in [1.165, 1.54) is 24.5 Å². The van der Waals surface area contributed by atoms with Gasteiger partial charge in [-0.25, -0.2) is 14.5 Å². The van der Waals surface area contributed by atoms with E-state index in [9.17, 15) is 14.4 Å². The summed E-state index contributed by atoms with van der Waals surface area (Å²) in [4.78, 5) is 46.2. The standard InChI is InChI=1S/C22H23N7O3S2/c1-11-15(12(2)29-21(26-11)16(9-25-29)20(23)32)5-7-19(31)28-22-27-17(10-33-22)18-6-4-14(34-18)8-24-13(3)30/h4,6,9-10H,5,7-8H2,1-3H3,(H2,23,32)(H,24,30)(H,27,28,31). The lowest BCUT2D eigenvalue weighted by Crippen LogP contribution is -2.17. The number of nitrogens with zero attached hydrogens (tertiary/aromatic N) is 4. The summed E-state index contributed by atoms with van der Waals surface area (Å²) < 4.78 is 1.58. The summed E-state index contributed by atoms with van der Waals surface area (Å²) in [6.45, 7) is 5.68. The molecule has 176 valence electrons. The molecule has 0 aliphatic rings. The van der Waals surface area contributed by atoms with Gasteiger partial charge in [0.1, 0.15) is 5.56 Å². The molecule has 4 aromatic rings.